The smallest absolute Gasteiger partial charge is 0.328 e. The monoisotopic (exact) mass is 351 g/mol. The molecule has 4 rings (SSSR count). The summed E-state index contributed by atoms with van der Waals surface area (Å²) in [6.07, 6.45) is 0. The van der Waals surface area contributed by atoms with Gasteiger partial charge in [-0.15, -0.1) is 0 Å². The molecule has 1 unspecified atom stereocenters. The fourth-order valence-corrected chi connectivity index (χ4v) is 3.59. The molecular weight excluding hydrogens is 330 g/mol. The molecular formula is C21H21NO4. The Morgan fingerprint density at radius 2 is 2.00 bits per heavy atom. The van der Waals surface area contributed by atoms with Crippen molar-refractivity contribution in [2.45, 2.75) is 19.5 Å². The zero-order valence-electron chi connectivity index (χ0n) is 14.7. The summed E-state index contributed by atoms with van der Waals surface area (Å²) < 4.78 is 16.2. The lowest BCUT2D eigenvalue weighted by molar-refractivity contribution is -0.150. The first kappa shape index (κ1) is 16.7. The van der Waals surface area contributed by atoms with E-state index < -0.39 is 6.04 Å². The molecule has 5 heteroatoms. The van der Waals surface area contributed by atoms with Gasteiger partial charge in [0.15, 0.2) is 11.5 Å². The average molecular weight is 351 g/mol. The number of esters is 1. The van der Waals surface area contributed by atoms with Gasteiger partial charge in [0, 0.05) is 13.1 Å². The highest BCUT2D eigenvalue weighted by Crippen LogP contribution is 2.38. The number of nitrogens with zero attached hydrogens (tertiary/aromatic N) is 1. The van der Waals surface area contributed by atoms with Crippen LogP contribution in [0.5, 0.6) is 11.5 Å². The molecule has 0 N–H and O–H groups in total. The topological polar surface area (TPSA) is 48.0 Å². The first-order chi connectivity index (χ1) is 12.7. The number of hydrogen-bond acceptors (Lipinski definition) is 5. The van der Waals surface area contributed by atoms with Gasteiger partial charge in [-0.25, -0.2) is 4.79 Å². The van der Waals surface area contributed by atoms with E-state index in [-0.39, 0.29) is 12.8 Å². The Balaban J connectivity index is 1.70. The van der Waals surface area contributed by atoms with Crippen molar-refractivity contribution in [1.29, 1.82) is 0 Å². The van der Waals surface area contributed by atoms with E-state index in [1.807, 2.05) is 37.3 Å². The molecule has 134 valence electrons. The fraction of sp³-hybridized carbons (Fsp3) is 0.286. The van der Waals surface area contributed by atoms with Gasteiger partial charge in [0.1, 0.15) is 6.04 Å². The van der Waals surface area contributed by atoms with E-state index in [1.54, 1.807) is 0 Å². The highest BCUT2D eigenvalue weighted by Gasteiger charge is 2.33. The van der Waals surface area contributed by atoms with Gasteiger partial charge in [-0.3, -0.25) is 4.90 Å². The van der Waals surface area contributed by atoms with Crippen LogP contribution in [0.4, 0.5) is 0 Å². The molecule has 2 heterocycles. The highest BCUT2D eigenvalue weighted by atomic mass is 16.7. The van der Waals surface area contributed by atoms with E-state index in [0.29, 0.717) is 31.2 Å². The first-order valence-corrected chi connectivity index (χ1v) is 8.73. The molecule has 2 aromatic rings. The average Bonchev–Trinajstić information content (AvgIpc) is 3.10. The summed E-state index contributed by atoms with van der Waals surface area (Å²) in [7, 11) is 0. The van der Waals surface area contributed by atoms with E-state index in [2.05, 4.69) is 23.6 Å². The predicted octanol–water partition coefficient (Wildman–Crippen LogP) is 3.55. The van der Waals surface area contributed by atoms with Crippen LogP contribution in [-0.4, -0.2) is 30.8 Å². The Kier molecular flexibility index (Phi) is 4.39. The molecule has 0 radical (unpaired) electrons. The van der Waals surface area contributed by atoms with Crippen molar-refractivity contribution in [2.24, 2.45) is 0 Å². The van der Waals surface area contributed by atoms with Crippen LogP contribution in [0.3, 0.4) is 0 Å². The second kappa shape index (κ2) is 6.84. The molecule has 0 saturated carbocycles. The number of ether oxygens (including phenoxy) is 3. The summed E-state index contributed by atoms with van der Waals surface area (Å²) in [4.78, 5) is 14.9. The van der Waals surface area contributed by atoms with Gasteiger partial charge in [-0.2, -0.15) is 0 Å². The van der Waals surface area contributed by atoms with Crippen molar-refractivity contribution < 1.29 is 19.0 Å². The molecule has 0 bridgehead atoms. The fourth-order valence-electron chi connectivity index (χ4n) is 3.59. The van der Waals surface area contributed by atoms with Crippen LogP contribution in [0.25, 0.3) is 5.57 Å². The molecule has 26 heavy (non-hydrogen) atoms. The zero-order valence-corrected chi connectivity index (χ0v) is 14.7. The van der Waals surface area contributed by atoms with E-state index in [4.69, 9.17) is 14.2 Å². The minimum atomic E-state index is -0.519. The second-order valence-corrected chi connectivity index (χ2v) is 6.43. The Morgan fingerprint density at radius 3 is 2.85 bits per heavy atom. The molecule has 2 aliphatic heterocycles. The van der Waals surface area contributed by atoms with Gasteiger partial charge in [0.25, 0.3) is 0 Å². The van der Waals surface area contributed by atoms with Crippen LogP contribution in [0.15, 0.2) is 49.0 Å². The predicted molar refractivity (Wildman–Crippen MR) is 97.8 cm³/mol. The second-order valence-electron chi connectivity index (χ2n) is 6.43. The van der Waals surface area contributed by atoms with Crippen molar-refractivity contribution in [2.75, 3.05) is 19.9 Å². The Hall–Kier alpha value is -2.79. The highest BCUT2D eigenvalue weighted by molar-refractivity contribution is 5.79. The summed E-state index contributed by atoms with van der Waals surface area (Å²) in [5.74, 6) is 1.09. The van der Waals surface area contributed by atoms with Gasteiger partial charge in [0.05, 0.1) is 6.61 Å². The number of carbonyl (C=O) groups is 1. The number of fused-ring (bicyclic) bond motifs is 2. The van der Waals surface area contributed by atoms with Gasteiger partial charge in [-0.1, -0.05) is 36.9 Å². The lowest BCUT2D eigenvalue weighted by Crippen LogP contribution is -2.38. The molecule has 0 spiro atoms. The molecule has 0 aromatic heterocycles. The summed E-state index contributed by atoms with van der Waals surface area (Å²) in [5, 5.41) is 0. The summed E-state index contributed by atoms with van der Waals surface area (Å²) in [5.41, 5.74) is 4.16. The molecule has 1 atom stereocenters. The van der Waals surface area contributed by atoms with Crippen LogP contribution >= 0.6 is 0 Å². The Morgan fingerprint density at radius 1 is 1.19 bits per heavy atom. The van der Waals surface area contributed by atoms with E-state index in [9.17, 15) is 4.79 Å². The maximum absolute atomic E-state index is 12.8. The third-order valence-electron chi connectivity index (χ3n) is 4.75. The van der Waals surface area contributed by atoms with Crippen LogP contribution in [0, 0.1) is 0 Å². The van der Waals surface area contributed by atoms with Crippen molar-refractivity contribution in [3.63, 3.8) is 0 Å². The van der Waals surface area contributed by atoms with Crippen LogP contribution in [-0.2, 0) is 16.1 Å². The molecule has 0 saturated heterocycles. The normalized spacial score (nSPS) is 16.9. The summed E-state index contributed by atoms with van der Waals surface area (Å²) in [6, 6.07) is 13.3. The first-order valence-electron chi connectivity index (χ1n) is 8.73. The quantitative estimate of drug-likeness (QED) is 0.789. The van der Waals surface area contributed by atoms with Crippen molar-refractivity contribution >= 4 is 11.5 Å². The van der Waals surface area contributed by atoms with Crippen LogP contribution in [0.1, 0.15) is 29.7 Å². The third-order valence-corrected chi connectivity index (χ3v) is 4.75. The standard InChI is InChI=1S/C21H21NO4/c1-3-24-21(23)20(15-8-9-18-19(10-15)26-13-25-18)22-11-14(2)17-7-5-4-6-16(17)12-22/h4-10,20H,2-3,11-13H2,1H3. The van der Waals surface area contributed by atoms with Gasteiger partial charge >= 0.3 is 5.97 Å². The maximum atomic E-state index is 12.8. The SMILES string of the molecule is C=C1CN(C(C(=O)OCC)c2ccc3c(c2)OCO3)Cc2ccccc21. The Labute approximate surface area is 152 Å². The van der Waals surface area contributed by atoms with Crippen LogP contribution < -0.4 is 9.47 Å². The largest absolute Gasteiger partial charge is 0.465 e. The molecule has 0 aliphatic carbocycles. The number of carbonyl (C=O) groups excluding carboxylic acids is 1. The molecule has 0 fully saturated rings. The molecule has 0 amide bonds. The van der Waals surface area contributed by atoms with E-state index in [0.717, 1.165) is 16.7 Å². The van der Waals surface area contributed by atoms with Crippen molar-refractivity contribution in [1.82, 2.24) is 4.90 Å². The Bertz CT molecular complexity index is 861. The zero-order chi connectivity index (χ0) is 18.1. The number of benzene rings is 2. The number of rotatable bonds is 4. The van der Waals surface area contributed by atoms with E-state index >= 15 is 0 Å². The van der Waals surface area contributed by atoms with Gasteiger partial charge in [-0.05, 0) is 41.3 Å². The van der Waals surface area contributed by atoms with E-state index in [1.165, 1.54) is 5.56 Å². The molecule has 2 aliphatic rings. The lowest BCUT2D eigenvalue weighted by Gasteiger charge is -2.35. The minimum Gasteiger partial charge on any atom is -0.465 e. The molecule has 5 nitrogen and oxygen atoms in total. The molecule has 2 aromatic carbocycles. The van der Waals surface area contributed by atoms with Crippen molar-refractivity contribution in [3.05, 3.63) is 65.7 Å². The lowest BCUT2D eigenvalue weighted by atomic mass is 9.93. The van der Waals surface area contributed by atoms with Gasteiger partial charge < -0.3 is 14.2 Å². The maximum Gasteiger partial charge on any atom is 0.328 e. The van der Waals surface area contributed by atoms with Gasteiger partial charge in [0.2, 0.25) is 6.79 Å². The van der Waals surface area contributed by atoms with Crippen molar-refractivity contribution in [3.8, 4) is 11.5 Å². The summed E-state index contributed by atoms with van der Waals surface area (Å²) in [6.45, 7) is 7.83. The summed E-state index contributed by atoms with van der Waals surface area (Å²) >= 11 is 0. The third kappa shape index (κ3) is 2.95. The van der Waals surface area contributed by atoms with Crippen LogP contribution in [0.2, 0.25) is 0 Å². The number of hydrogen-bond donors (Lipinski definition) is 0. The minimum absolute atomic E-state index is 0.205.